The second kappa shape index (κ2) is 9.83. The number of ketones is 1. The molecule has 0 saturated heterocycles. The minimum absolute atomic E-state index is 0.0608. The lowest BCUT2D eigenvalue weighted by molar-refractivity contribution is -0.141. The van der Waals surface area contributed by atoms with Crippen molar-refractivity contribution in [2.24, 2.45) is 5.92 Å². The molecule has 0 unspecified atom stereocenters. The van der Waals surface area contributed by atoms with Gasteiger partial charge in [-0.05, 0) is 60.7 Å². The van der Waals surface area contributed by atoms with E-state index in [0.717, 1.165) is 16.7 Å². The van der Waals surface area contributed by atoms with Crippen LogP contribution in [0.3, 0.4) is 0 Å². The van der Waals surface area contributed by atoms with Crippen LogP contribution in [0, 0.1) is 19.8 Å². The second-order valence-corrected chi connectivity index (χ2v) is 7.40. The number of aryl methyl sites for hydroxylation is 2. The molecule has 5 nitrogen and oxygen atoms in total. The molecule has 0 bridgehead atoms. The molecule has 0 fully saturated rings. The van der Waals surface area contributed by atoms with Crippen molar-refractivity contribution in [3.05, 3.63) is 64.7 Å². The summed E-state index contributed by atoms with van der Waals surface area (Å²) in [4.78, 5) is 36.0. The van der Waals surface area contributed by atoms with Crippen molar-refractivity contribution < 1.29 is 19.1 Å². The molecule has 148 valence electrons. The van der Waals surface area contributed by atoms with Gasteiger partial charge in [0.05, 0.1) is 6.42 Å². The fourth-order valence-corrected chi connectivity index (χ4v) is 2.68. The van der Waals surface area contributed by atoms with E-state index in [-0.39, 0.29) is 30.6 Å². The molecular formula is C23H27NO4. The third kappa shape index (κ3) is 6.65. The molecule has 1 amide bonds. The van der Waals surface area contributed by atoms with E-state index in [1.54, 1.807) is 24.3 Å². The standard InChI is InChI=1S/C23H27NO4/c1-15(2)11-22(26)24-20-9-7-19(8-10-20)21(25)14-28-23(27)13-18-6-5-16(3)17(4)12-18/h5-10,12,15H,11,13-14H2,1-4H3,(H,24,26). The Morgan fingerprint density at radius 3 is 2.25 bits per heavy atom. The summed E-state index contributed by atoms with van der Waals surface area (Å²) >= 11 is 0. The Labute approximate surface area is 166 Å². The van der Waals surface area contributed by atoms with Gasteiger partial charge < -0.3 is 10.1 Å². The summed E-state index contributed by atoms with van der Waals surface area (Å²) in [6.45, 7) is 7.65. The number of anilines is 1. The molecular weight excluding hydrogens is 354 g/mol. The van der Waals surface area contributed by atoms with Gasteiger partial charge in [-0.15, -0.1) is 0 Å². The van der Waals surface area contributed by atoms with Crippen LogP contribution < -0.4 is 5.32 Å². The number of carbonyl (C=O) groups excluding carboxylic acids is 3. The van der Waals surface area contributed by atoms with Crippen LogP contribution in [-0.2, 0) is 20.7 Å². The van der Waals surface area contributed by atoms with E-state index >= 15 is 0 Å². The van der Waals surface area contributed by atoms with E-state index in [1.165, 1.54) is 0 Å². The average Bonchev–Trinajstić information content (AvgIpc) is 2.62. The summed E-state index contributed by atoms with van der Waals surface area (Å²) in [7, 11) is 0. The van der Waals surface area contributed by atoms with E-state index in [9.17, 15) is 14.4 Å². The third-order valence-corrected chi connectivity index (χ3v) is 4.37. The molecule has 0 aliphatic rings. The number of Topliss-reactive ketones (excluding diaryl/α,β-unsaturated/α-hetero) is 1. The quantitative estimate of drug-likeness (QED) is 0.548. The van der Waals surface area contributed by atoms with Gasteiger partial charge in [-0.1, -0.05) is 32.0 Å². The largest absolute Gasteiger partial charge is 0.457 e. The van der Waals surface area contributed by atoms with Gasteiger partial charge in [-0.2, -0.15) is 0 Å². The summed E-state index contributed by atoms with van der Waals surface area (Å²) in [6.07, 6.45) is 0.576. The molecule has 2 rings (SSSR count). The van der Waals surface area contributed by atoms with Crippen LogP contribution in [0.2, 0.25) is 0 Å². The Kier molecular flexibility index (Phi) is 7.50. The number of rotatable bonds is 8. The smallest absolute Gasteiger partial charge is 0.310 e. The van der Waals surface area contributed by atoms with Crippen LogP contribution in [0.5, 0.6) is 0 Å². The van der Waals surface area contributed by atoms with Crippen molar-refractivity contribution in [3.8, 4) is 0 Å². The Morgan fingerprint density at radius 1 is 0.964 bits per heavy atom. The minimum atomic E-state index is -0.436. The number of carbonyl (C=O) groups is 3. The monoisotopic (exact) mass is 381 g/mol. The van der Waals surface area contributed by atoms with Gasteiger partial charge in [0.25, 0.3) is 0 Å². The van der Waals surface area contributed by atoms with E-state index in [4.69, 9.17) is 4.74 Å². The number of hydrogen-bond donors (Lipinski definition) is 1. The highest BCUT2D eigenvalue weighted by atomic mass is 16.5. The Morgan fingerprint density at radius 2 is 1.64 bits per heavy atom. The van der Waals surface area contributed by atoms with Gasteiger partial charge >= 0.3 is 5.97 Å². The normalized spacial score (nSPS) is 10.6. The Hall–Kier alpha value is -2.95. The van der Waals surface area contributed by atoms with Crippen molar-refractivity contribution in [3.63, 3.8) is 0 Å². The summed E-state index contributed by atoms with van der Waals surface area (Å²) in [5.74, 6) is -0.503. The number of amides is 1. The molecule has 0 atom stereocenters. The molecule has 0 aromatic heterocycles. The second-order valence-electron chi connectivity index (χ2n) is 7.40. The first-order chi connectivity index (χ1) is 13.2. The maximum absolute atomic E-state index is 12.2. The van der Waals surface area contributed by atoms with Gasteiger partial charge in [0.2, 0.25) is 5.91 Å². The van der Waals surface area contributed by atoms with E-state index in [1.807, 2.05) is 45.9 Å². The average molecular weight is 381 g/mol. The molecule has 0 spiro atoms. The van der Waals surface area contributed by atoms with E-state index in [2.05, 4.69) is 5.32 Å². The molecule has 0 heterocycles. The maximum atomic E-state index is 12.2. The fourth-order valence-electron chi connectivity index (χ4n) is 2.68. The predicted octanol–water partition coefficient (Wildman–Crippen LogP) is 4.26. The number of hydrogen-bond acceptors (Lipinski definition) is 4. The highest BCUT2D eigenvalue weighted by Gasteiger charge is 2.12. The van der Waals surface area contributed by atoms with Crippen molar-refractivity contribution in [1.82, 2.24) is 0 Å². The van der Waals surface area contributed by atoms with Crippen LogP contribution in [0.4, 0.5) is 5.69 Å². The summed E-state index contributed by atoms with van der Waals surface area (Å²) in [6, 6.07) is 12.4. The summed E-state index contributed by atoms with van der Waals surface area (Å²) < 4.78 is 5.11. The minimum Gasteiger partial charge on any atom is -0.457 e. The fraction of sp³-hybridized carbons (Fsp3) is 0.348. The molecule has 0 saturated carbocycles. The first-order valence-electron chi connectivity index (χ1n) is 9.39. The zero-order valence-corrected chi connectivity index (χ0v) is 16.9. The first kappa shape index (κ1) is 21.4. The molecule has 0 aliphatic carbocycles. The molecule has 5 heteroatoms. The van der Waals surface area contributed by atoms with E-state index < -0.39 is 5.97 Å². The summed E-state index contributed by atoms with van der Waals surface area (Å²) in [5.41, 5.74) is 4.20. The lowest BCUT2D eigenvalue weighted by Crippen LogP contribution is -2.16. The zero-order valence-electron chi connectivity index (χ0n) is 16.9. The summed E-state index contributed by atoms with van der Waals surface area (Å²) in [5, 5.41) is 2.79. The third-order valence-electron chi connectivity index (χ3n) is 4.37. The molecule has 0 radical (unpaired) electrons. The van der Waals surface area contributed by atoms with Crippen molar-refractivity contribution in [2.75, 3.05) is 11.9 Å². The number of nitrogens with one attached hydrogen (secondary N) is 1. The van der Waals surface area contributed by atoms with Crippen LogP contribution in [0.15, 0.2) is 42.5 Å². The molecule has 2 aromatic rings. The molecule has 1 N–H and O–H groups in total. The van der Waals surface area contributed by atoms with Gasteiger partial charge in [0.15, 0.2) is 12.4 Å². The Balaban J connectivity index is 1.84. The van der Waals surface area contributed by atoms with Crippen LogP contribution in [0.1, 0.15) is 47.3 Å². The van der Waals surface area contributed by atoms with Crippen molar-refractivity contribution in [1.29, 1.82) is 0 Å². The highest BCUT2D eigenvalue weighted by Crippen LogP contribution is 2.13. The topological polar surface area (TPSA) is 72.5 Å². The van der Waals surface area contributed by atoms with Gasteiger partial charge in [0.1, 0.15) is 0 Å². The van der Waals surface area contributed by atoms with Crippen molar-refractivity contribution >= 4 is 23.3 Å². The van der Waals surface area contributed by atoms with E-state index in [0.29, 0.717) is 17.7 Å². The molecule has 2 aromatic carbocycles. The van der Waals surface area contributed by atoms with Crippen LogP contribution >= 0.6 is 0 Å². The van der Waals surface area contributed by atoms with Gasteiger partial charge in [0, 0.05) is 17.7 Å². The van der Waals surface area contributed by atoms with Gasteiger partial charge in [-0.3, -0.25) is 14.4 Å². The van der Waals surface area contributed by atoms with Crippen LogP contribution in [0.25, 0.3) is 0 Å². The lowest BCUT2D eigenvalue weighted by Gasteiger charge is -2.08. The first-order valence-corrected chi connectivity index (χ1v) is 9.39. The SMILES string of the molecule is Cc1ccc(CC(=O)OCC(=O)c2ccc(NC(=O)CC(C)C)cc2)cc1C. The highest BCUT2D eigenvalue weighted by molar-refractivity contribution is 5.99. The maximum Gasteiger partial charge on any atom is 0.310 e. The number of ether oxygens (including phenoxy) is 1. The van der Waals surface area contributed by atoms with Crippen molar-refractivity contribution in [2.45, 2.75) is 40.5 Å². The predicted molar refractivity (Wildman–Crippen MR) is 109 cm³/mol. The van der Waals surface area contributed by atoms with Crippen LogP contribution in [-0.4, -0.2) is 24.3 Å². The van der Waals surface area contributed by atoms with Gasteiger partial charge in [-0.25, -0.2) is 0 Å². The number of esters is 1. The zero-order chi connectivity index (χ0) is 20.7. The molecule has 28 heavy (non-hydrogen) atoms. The molecule has 0 aliphatic heterocycles. The Bertz CT molecular complexity index is 853. The number of benzene rings is 2. The lowest BCUT2D eigenvalue weighted by atomic mass is 10.0.